The van der Waals surface area contributed by atoms with E-state index in [9.17, 15) is 17.6 Å². The topological polar surface area (TPSA) is 16.3 Å². The molecule has 0 amide bonds. The minimum atomic E-state index is -0.312. The average molecular weight is 967 g/mol. The van der Waals surface area contributed by atoms with Crippen LogP contribution in [0.25, 0.3) is 77.2 Å². The fourth-order valence-electron chi connectivity index (χ4n) is 10.5. The Morgan fingerprint density at radius 3 is 0.824 bits per heavy atom. The first kappa shape index (κ1) is 44.3. The number of para-hydroxylation sites is 2. The molecule has 0 bridgehead atoms. The van der Waals surface area contributed by atoms with Gasteiger partial charge in [0.05, 0.1) is 22.1 Å². The van der Waals surface area contributed by atoms with E-state index in [0.29, 0.717) is 0 Å². The van der Waals surface area contributed by atoms with E-state index in [0.717, 1.165) is 111 Å². The SMILES string of the molecule is Fc1ccc(N(c2ccc(-c3ccc(-c4ccc(N(c5ccc(F)cc5)c5ccc6c(c5)c5ccccc5n6-c5ccc(F)cc5)cc4)cc3)cc2)c2ccc3c(c2)c2ccccc2n3-c2ccc(F)cc2)cc1. The van der Waals surface area contributed by atoms with Gasteiger partial charge in [0, 0.05) is 67.0 Å². The number of hydrogen-bond acceptors (Lipinski definition) is 2. The highest BCUT2D eigenvalue weighted by molar-refractivity contribution is 6.12. The Morgan fingerprint density at radius 2 is 0.486 bits per heavy atom. The molecule has 0 spiro atoms. The summed E-state index contributed by atoms with van der Waals surface area (Å²) in [5.41, 5.74) is 15.2. The minimum absolute atomic E-state index is 0.288. The molecule has 74 heavy (non-hydrogen) atoms. The van der Waals surface area contributed by atoms with Gasteiger partial charge in [-0.05, 0) is 192 Å². The summed E-state index contributed by atoms with van der Waals surface area (Å²) >= 11 is 0. The lowest BCUT2D eigenvalue weighted by molar-refractivity contribution is 0.627. The fourth-order valence-corrected chi connectivity index (χ4v) is 10.5. The maximum atomic E-state index is 14.4. The van der Waals surface area contributed by atoms with Crippen molar-refractivity contribution in [2.24, 2.45) is 0 Å². The third-order valence-corrected chi connectivity index (χ3v) is 14.0. The Morgan fingerprint density at radius 1 is 0.230 bits per heavy atom. The van der Waals surface area contributed by atoms with Crippen molar-refractivity contribution in [3.05, 3.63) is 278 Å². The number of fused-ring (bicyclic) bond motifs is 6. The van der Waals surface area contributed by atoms with Crippen LogP contribution < -0.4 is 9.80 Å². The van der Waals surface area contributed by atoms with E-state index in [1.54, 1.807) is 48.5 Å². The molecule has 0 fully saturated rings. The molecular formula is C66H42F4N4. The van der Waals surface area contributed by atoms with E-state index in [4.69, 9.17) is 0 Å². The van der Waals surface area contributed by atoms with Gasteiger partial charge in [-0.3, -0.25) is 0 Å². The quantitative estimate of drug-likeness (QED) is 0.127. The maximum absolute atomic E-state index is 14.4. The molecule has 0 saturated heterocycles. The molecule has 0 aliphatic rings. The van der Waals surface area contributed by atoms with Gasteiger partial charge >= 0.3 is 0 Å². The Balaban J connectivity index is 0.803. The van der Waals surface area contributed by atoms with Gasteiger partial charge in [0.15, 0.2) is 0 Å². The van der Waals surface area contributed by atoms with Crippen LogP contribution in [-0.2, 0) is 0 Å². The number of aromatic nitrogens is 2. The van der Waals surface area contributed by atoms with Crippen molar-refractivity contribution in [3.63, 3.8) is 0 Å². The minimum Gasteiger partial charge on any atom is -0.310 e. The normalized spacial score (nSPS) is 11.5. The van der Waals surface area contributed by atoms with E-state index in [1.807, 2.05) is 24.3 Å². The van der Waals surface area contributed by atoms with Crippen LogP contribution in [0.3, 0.4) is 0 Å². The second-order valence-corrected chi connectivity index (χ2v) is 18.4. The molecule has 2 aromatic heterocycles. The summed E-state index contributed by atoms with van der Waals surface area (Å²) in [5, 5.41) is 4.20. The van der Waals surface area contributed by atoms with Crippen molar-refractivity contribution in [2.45, 2.75) is 0 Å². The largest absolute Gasteiger partial charge is 0.310 e. The highest BCUT2D eigenvalue weighted by atomic mass is 19.1. The Labute approximate surface area is 424 Å². The van der Waals surface area contributed by atoms with Gasteiger partial charge in [-0.1, -0.05) is 84.9 Å². The van der Waals surface area contributed by atoms with Crippen LogP contribution in [0.5, 0.6) is 0 Å². The molecule has 0 atom stereocenters. The predicted molar refractivity (Wildman–Crippen MR) is 295 cm³/mol. The van der Waals surface area contributed by atoms with E-state index >= 15 is 0 Å². The average Bonchev–Trinajstić information content (AvgIpc) is 3.96. The molecule has 0 aliphatic carbocycles. The van der Waals surface area contributed by atoms with E-state index in [2.05, 4.69) is 152 Å². The van der Waals surface area contributed by atoms with Crippen molar-refractivity contribution in [2.75, 3.05) is 9.80 Å². The van der Waals surface area contributed by atoms with Crippen LogP contribution in [0.1, 0.15) is 0 Å². The van der Waals surface area contributed by atoms with Crippen molar-refractivity contribution in [1.82, 2.24) is 9.13 Å². The highest BCUT2D eigenvalue weighted by Crippen LogP contribution is 2.43. The van der Waals surface area contributed by atoms with Crippen LogP contribution in [-0.4, -0.2) is 9.13 Å². The van der Waals surface area contributed by atoms with Gasteiger partial charge in [0.2, 0.25) is 0 Å². The number of anilines is 6. The predicted octanol–water partition coefficient (Wildman–Crippen LogP) is 18.7. The van der Waals surface area contributed by atoms with Crippen LogP contribution in [0, 0.1) is 23.3 Å². The molecular weight excluding hydrogens is 925 g/mol. The molecule has 13 rings (SSSR count). The first-order valence-electron chi connectivity index (χ1n) is 24.3. The van der Waals surface area contributed by atoms with Gasteiger partial charge in [0.1, 0.15) is 23.3 Å². The van der Waals surface area contributed by atoms with Gasteiger partial charge in [-0.2, -0.15) is 0 Å². The van der Waals surface area contributed by atoms with Gasteiger partial charge in [-0.25, -0.2) is 17.6 Å². The summed E-state index contributed by atoms with van der Waals surface area (Å²) in [6, 6.07) is 80.5. The lowest BCUT2D eigenvalue weighted by Gasteiger charge is -2.26. The standard InChI is InChI=1S/C66H42F4N4/c67-47-17-29-53(30-18-47)71(57-37-39-65-61(41-57)59-5-1-3-7-63(59)73(65)55-33-21-49(69)22-34-55)51-25-13-45(14-26-51)43-9-11-44(12-10-43)46-15-27-52(28-16-46)72(54-31-19-48(68)20-32-54)58-38-40-66-62(42-58)60-6-2-4-8-64(60)74(66)56-35-23-50(70)24-36-56/h1-42H. The molecule has 0 saturated carbocycles. The first-order chi connectivity index (χ1) is 36.3. The second-order valence-electron chi connectivity index (χ2n) is 18.4. The van der Waals surface area contributed by atoms with Crippen LogP contribution >= 0.6 is 0 Å². The van der Waals surface area contributed by atoms with Crippen molar-refractivity contribution < 1.29 is 17.6 Å². The lowest BCUT2D eigenvalue weighted by Crippen LogP contribution is -2.10. The fraction of sp³-hybridized carbons (Fsp3) is 0. The van der Waals surface area contributed by atoms with Crippen LogP contribution in [0.15, 0.2) is 255 Å². The summed E-state index contributed by atoms with van der Waals surface area (Å²) in [4.78, 5) is 4.26. The molecule has 0 unspecified atom stereocenters. The maximum Gasteiger partial charge on any atom is 0.123 e. The van der Waals surface area contributed by atoms with Gasteiger partial charge in [-0.15, -0.1) is 0 Å². The molecule has 354 valence electrons. The monoisotopic (exact) mass is 966 g/mol. The van der Waals surface area contributed by atoms with Gasteiger partial charge in [0.25, 0.3) is 0 Å². The molecule has 0 aliphatic heterocycles. The number of hydrogen-bond donors (Lipinski definition) is 0. The number of rotatable bonds is 10. The third-order valence-electron chi connectivity index (χ3n) is 14.0. The zero-order valence-electron chi connectivity index (χ0n) is 39.5. The summed E-state index contributed by atoms with van der Waals surface area (Å²) in [6.07, 6.45) is 0. The number of benzene rings is 11. The summed E-state index contributed by atoms with van der Waals surface area (Å²) in [7, 11) is 0. The molecule has 8 heteroatoms. The van der Waals surface area contributed by atoms with Crippen molar-refractivity contribution in [1.29, 1.82) is 0 Å². The molecule has 13 aromatic rings. The van der Waals surface area contributed by atoms with Crippen molar-refractivity contribution >= 4 is 77.7 Å². The zero-order chi connectivity index (χ0) is 49.9. The third kappa shape index (κ3) is 7.90. The molecule has 0 N–H and O–H groups in total. The van der Waals surface area contributed by atoms with Crippen molar-refractivity contribution in [3.8, 4) is 33.6 Å². The summed E-state index contributed by atoms with van der Waals surface area (Å²) in [6.45, 7) is 0. The lowest BCUT2D eigenvalue weighted by atomic mass is 9.99. The van der Waals surface area contributed by atoms with E-state index in [-0.39, 0.29) is 23.3 Å². The molecule has 4 nitrogen and oxygen atoms in total. The van der Waals surface area contributed by atoms with E-state index in [1.165, 1.54) is 48.5 Å². The number of nitrogens with zero attached hydrogens (tertiary/aromatic N) is 4. The first-order valence-corrected chi connectivity index (χ1v) is 24.3. The summed E-state index contributed by atoms with van der Waals surface area (Å²) < 4.78 is 61.0. The second kappa shape index (κ2) is 18.2. The molecule has 0 radical (unpaired) electrons. The van der Waals surface area contributed by atoms with Crippen LogP contribution in [0.4, 0.5) is 51.7 Å². The Kier molecular flexibility index (Phi) is 10.9. The van der Waals surface area contributed by atoms with E-state index < -0.39 is 0 Å². The Bertz CT molecular complexity index is 3910. The smallest absolute Gasteiger partial charge is 0.123 e. The van der Waals surface area contributed by atoms with Crippen LogP contribution in [0.2, 0.25) is 0 Å². The highest BCUT2D eigenvalue weighted by Gasteiger charge is 2.20. The number of halogens is 4. The summed E-state index contributed by atoms with van der Waals surface area (Å²) in [5.74, 6) is -1.20. The Hall–Kier alpha value is -9.66. The molecule has 11 aromatic carbocycles. The van der Waals surface area contributed by atoms with Gasteiger partial charge < -0.3 is 18.9 Å². The molecule has 2 heterocycles. The zero-order valence-corrected chi connectivity index (χ0v) is 39.5.